The molecule has 1 aromatic heterocycles. The number of nitrogens with zero attached hydrogens (tertiary/aromatic N) is 2. The largest absolute Gasteiger partial charge is 0.383 e. The van der Waals surface area contributed by atoms with Crippen LogP contribution in [0.15, 0.2) is 24.3 Å². The maximum absolute atomic E-state index is 13.7. The molecule has 1 atom stereocenters. The Bertz CT molecular complexity index is 598. The van der Waals surface area contributed by atoms with Gasteiger partial charge in [0, 0.05) is 11.1 Å². The lowest BCUT2D eigenvalue weighted by Crippen LogP contribution is -2.13. The Hall–Kier alpha value is -2.17. The average molecular weight is 260 g/mol. The molecule has 19 heavy (non-hydrogen) atoms. The second-order valence-corrected chi connectivity index (χ2v) is 4.52. The Morgan fingerprint density at radius 1 is 1.21 bits per heavy atom. The number of hydrogen-bond donors (Lipinski definition) is 2. The van der Waals surface area contributed by atoms with Crippen molar-refractivity contribution in [3.8, 4) is 0 Å². The maximum atomic E-state index is 13.7. The van der Waals surface area contributed by atoms with Crippen molar-refractivity contribution >= 4 is 11.6 Å². The summed E-state index contributed by atoms with van der Waals surface area (Å²) in [7, 11) is 0. The SMILES string of the molecule is Cc1nc(N)c(C)c(NC(C)c2ccccc2F)n1. The molecule has 1 unspecified atom stereocenters. The third-order valence-electron chi connectivity index (χ3n) is 3.02. The van der Waals surface area contributed by atoms with Crippen molar-refractivity contribution in [2.45, 2.75) is 26.8 Å². The number of nitrogen functional groups attached to an aromatic ring is 1. The molecular weight excluding hydrogens is 243 g/mol. The van der Waals surface area contributed by atoms with E-state index in [0.29, 0.717) is 23.0 Å². The Balaban J connectivity index is 2.29. The van der Waals surface area contributed by atoms with E-state index >= 15 is 0 Å². The number of halogens is 1. The van der Waals surface area contributed by atoms with Crippen molar-refractivity contribution < 1.29 is 4.39 Å². The number of benzene rings is 1. The summed E-state index contributed by atoms with van der Waals surface area (Å²) in [6.45, 7) is 5.49. The molecule has 1 aromatic carbocycles. The van der Waals surface area contributed by atoms with Gasteiger partial charge in [0.1, 0.15) is 23.3 Å². The van der Waals surface area contributed by atoms with Gasteiger partial charge in [-0.2, -0.15) is 0 Å². The van der Waals surface area contributed by atoms with Crippen LogP contribution >= 0.6 is 0 Å². The summed E-state index contributed by atoms with van der Waals surface area (Å²) >= 11 is 0. The number of rotatable bonds is 3. The fourth-order valence-electron chi connectivity index (χ4n) is 1.90. The Morgan fingerprint density at radius 2 is 1.89 bits per heavy atom. The molecule has 0 amide bonds. The zero-order chi connectivity index (χ0) is 14.0. The minimum atomic E-state index is -0.237. The predicted molar refractivity (Wildman–Crippen MR) is 74.4 cm³/mol. The minimum absolute atomic E-state index is 0.200. The molecule has 0 saturated carbocycles. The quantitative estimate of drug-likeness (QED) is 0.890. The molecule has 0 spiro atoms. The van der Waals surface area contributed by atoms with Crippen molar-refractivity contribution in [1.29, 1.82) is 0 Å². The van der Waals surface area contributed by atoms with E-state index in [9.17, 15) is 4.39 Å². The van der Waals surface area contributed by atoms with Gasteiger partial charge in [-0.3, -0.25) is 0 Å². The summed E-state index contributed by atoms with van der Waals surface area (Å²) in [4.78, 5) is 8.39. The monoisotopic (exact) mass is 260 g/mol. The Kier molecular flexibility index (Phi) is 3.64. The summed E-state index contributed by atoms with van der Waals surface area (Å²) < 4.78 is 13.7. The molecular formula is C14H17FN4. The van der Waals surface area contributed by atoms with Crippen LogP contribution in [0.3, 0.4) is 0 Å². The minimum Gasteiger partial charge on any atom is -0.383 e. The molecule has 0 saturated heterocycles. The highest BCUT2D eigenvalue weighted by Crippen LogP contribution is 2.24. The van der Waals surface area contributed by atoms with Crippen molar-refractivity contribution in [2.24, 2.45) is 0 Å². The molecule has 4 nitrogen and oxygen atoms in total. The third kappa shape index (κ3) is 2.81. The van der Waals surface area contributed by atoms with E-state index in [0.717, 1.165) is 5.56 Å². The normalized spacial score (nSPS) is 12.2. The van der Waals surface area contributed by atoms with Crippen molar-refractivity contribution in [3.63, 3.8) is 0 Å². The van der Waals surface area contributed by atoms with Crippen LogP contribution in [0.4, 0.5) is 16.0 Å². The van der Waals surface area contributed by atoms with E-state index in [1.165, 1.54) is 6.07 Å². The first-order valence-corrected chi connectivity index (χ1v) is 6.10. The van der Waals surface area contributed by atoms with E-state index in [4.69, 9.17) is 5.73 Å². The number of nitrogens with one attached hydrogen (secondary N) is 1. The number of aromatic nitrogens is 2. The molecule has 0 fully saturated rings. The Morgan fingerprint density at radius 3 is 2.58 bits per heavy atom. The van der Waals surface area contributed by atoms with Crippen molar-refractivity contribution in [3.05, 3.63) is 47.0 Å². The van der Waals surface area contributed by atoms with Gasteiger partial charge in [0.15, 0.2) is 0 Å². The lowest BCUT2D eigenvalue weighted by molar-refractivity contribution is 0.600. The van der Waals surface area contributed by atoms with Gasteiger partial charge in [0.2, 0.25) is 0 Å². The van der Waals surface area contributed by atoms with Gasteiger partial charge in [-0.1, -0.05) is 18.2 Å². The summed E-state index contributed by atoms with van der Waals surface area (Å²) in [6, 6.07) is 6.47. The second-order valence-electron chi connectivity index (χ2n) is 4.52. The lowest BCUT2D eigenvalue weighted by Gasteiger charge is -2.18. The first kappa shape index (κ1) is 13.3. The number of hydrogen-bond acceptors (Lipinski definition) is 4. The zero-order valence-corrected chi connectivity index (χ0v) is 11.2. The van der Waals surface area contributed by atoms with E-state index in [1.54, 1.807) is 19.1 Å². The molecule has 0 aliphatic rings. The fraction of sp³-hybridized carbons (Fsp3) is 0.286. The first-order valence-electron chi connectivity index (χ1n) is 6.10. The van der Waals surface area contributed by atoms with E-state index < -0.39 is 0 Å². The standard InChI is InChI=1S/C14H17FN4/c1-8-13(16)18-10(3)19-14(8)17-9(2)11-6-4-5-7-12(11)15/h4-7,9H,1-3H3,(H3,16,17,18,19). The van der Waals surface area contributed by atoms with Gasteiger partial charge in [-0.25, -0.2) is 14.4 Å². The highest BCUT2D eigenvalue weighted by molar-refractivity contribution is 5.55. The number of nitrogens with two attached hydrogens (primary N) is 1. The molecule has 0 bridgehead atoms. The second kappa shape index (κ2) is 5.22. The van der Waals surface area contributed by atoms with Crippen LogP contribution in [0.1, 0.15) is 29.9 Å². The van der Waals surface area contributed by atoms with Crippen LogP contribution in [0, 0.1) is 19.7 Å². The average Bonchev–Trinajstić information content (AvgIpc) is 2.35. The van der Waals surface area contributed by atoms with Crippen molar-refractivity contribution in [2.75, 3.05) is 11.1 Å². The highest BCUT2D eigenvalue weighted by Gasteiger charge is 2.13. The number of anilines is 2. The fourth-order valence-corrected chi connectivity index (χ4v) is 1.90. The van der Waals surface area contributed by atoms with Crippen LogP contribution in [0.5, 0.6) is 0 Å². The van der Waals surface area contributed by atoms with Crippen LogP contribution in [-0.4, -0.2) is 9.97 Å². The summed E-state index contributed by atoms with van der Waals surface area (Å²) in [5.41, 5.74) is 7.17. The molecule has 0 aliphatic carbocycles. The highest BCUT2D eigenvalue weighted by atomic mass is 19.1. The van der Waals surface area contributed by atoms with Gasteiger partial charge >= 0.3 is 0 Å². The van der Waals surface area contributed by atoms with Gasteiger partial charge in [0.25, 0.3) is 0 Å². The van der Waals surface area contributed by atoms with Crippen LogP contribution < -0.4 is 11.1 Å². The predicted octanol–water partition coefficient (Wildman–Crippen LogP) is 2.99. The third-order valence-corrected chi connectivity index (χ3v) is 3.02. The number of aryl methyl sites for hydroxylation is 1. The maximum Gasteiger partial charge on any atom is 0.135 e. The van der Waals surface area contributed by atoms with Crippen LogP contribution in [0.25, 0.3) is 0 Å². The van der Waals surface area contributed by atoms with Gasteiger partial charge in [-0.05, 0) is 26.8 Å². The van der Waals surface area contributed by atoms with Crippen LogP contribution in [0.2, 0.25) is 0 Å². The molecule has 2 aromatic rings. The van der Waals surface area contributed by atoms with E-state index in [2.05, 4.69) is 15.3 Å². The molecule has 0 radical (unpaired) electrons. The Labute approximate surface area is 111 Å². The molecule has 100 valence electrons. The lowest BCUT2D eigenvalue weighted by atomic mass is 10.1. The van der Waals surface area contributed by atoms with Gasteiger partial charge in [-0.15, -0.1) is 0 Å². The summed E-state index contributed by atoms with van der Waals surface area (Å²) in [5.74, 6) is 1.43. The van der Waals surface area contributed by atoms with E-state index in [1.807, 2.05) is 19.9 Å². The van der Waals surface area contributed by atoms with E-state index in [-0.39, 0.29) is 11.9 Å². The van der Waals surface area contributed by atoms with Gasteiger partial charge < -0.3 is 11.1 Å². The van der Waals surface area contributed by atoms with Crippen LogP contribution in [-0.2, 0) is 0 Å². The topological polar surface area (TPSA) is 63.8 Å². The first-order chi connectivity index (χ1) is 8.99. The molecule has 3 N–H and O–H groups in total. The molecule has 5 heteroatoms. The van der Waals surface area contributed by atoms with Crippen molar-refractivity contribution in [1.82, 2.24) is 9.97 Å². The zero-order valence-electron chi connectivity index (χ0n) is 11.2. The molecule has 2 rings (SSSR count). The smallest absolute Gasteiger partial charge is 0.135 e. The molecule has 0 aliphatic heterocycles. The summed E-state index contributed by atoms with van der Waals surface area (Å²) in [5, 5.41) is 3.18. The summed E-state index contributed by atoms with van der Waals surface area (Å²) in [6.07, 6.45) is 0. The van der Waals surface area contributed by atoms with Gasteiger partial charge in [0.05, 0.1) is 6.04 Å². The molecule has 1 heterocycles.